The molecule has 0 heterocycles. The number of hydrogen-bond donors (Lipinski definition) is 0. The van der Waals surface area contributed by atoms with E-state index in [2.05, 4.69) is 22.9 Å². The van der Waals surface area contributed by atoms with Crippen LogP contribution in [0.25, 0.3) is 0 Å². The van der Waals surface area contributed by atoms with Crippen LogP contribution < -0.4 is 0 Å². The Morgan fingerprint density at radius 3 is 1.50 bits per heavy atom. The van der Waals surface area contributed by atoms with Crippen LogP contribution in [0.5, 0.6) is 0 Å². The van der Waals surface area contributed by atoms with Gasteiger partial charge in [0, 0.05) is 0 Å². The van der Waals surface area contributed by atoms with Crippen molar-refractivity contribution in [2.24, 2.45) is 0 Å². The first kappa shape index (κ1) is 6.86. The van der Waals surface area contributed by atoms with Gasteiger partial charge in [0.2, 0.25) is 0 Å². The van der Waals surface area contributed by atoms with Crippen LogP contribution in [0.3, 0.4) is 0 Å². The monoisotopic (exact) mass is 104 g/mol. The second kappa shape index (κ2) is 5.86. The van der Waals surface area contributed by atoms with Crippen molar-refractivity contribution < 1.29 is 0 Å². The van der Waals surface area contributed by atoms with Crippen LogP contribution in [0, 0.1) is 0 Å². The van der Waals surface area contributed by atoms with Gasteiger partial charge in [-0.25, -0.2) is 0 Å². The van der Waals surface area contributed by atoms with Crippen molar-refractivity contribution in [2.75, 3.05) is 0 Å². The van der Waals surface area contributed by atoms with Gasteiger partial charge in [0.1, 0.15) is 0 Å². The van der Waals surface area contributed by atoms with Gasteiger partial charge in [0.15, 0.2) is 0 Å². The highest BCUT2D eigenvalue weighted by Crippen LogP contribution is 1.57. The Morgan fingerprint density at radius 2 is 1.25 bits per heavy atom. The molecule has 0 radical (unpaired) electrons. The maximum atomic E-state index is 2.71. The van der Waals surface area contributed by atoms with Crippen LogP contribution in [0.4, 0.5) is 0 Å². The average molecular weight is 104 g/mol. The Balaban J connectivity index is 4.48. The zero-order valence-corrected chi connectivity index (χ0v) is 5.15. The summed E-state index contributed by atoms with van der Waals surface area (Å²) < 4.78 is 0. The third kappa shape index (κ3) is 4.86. The molecule has 0 bridgehead atoms. The molecule has 0 aromatic rings. The molecule has 0 fully saturated rings. The highest BCUT2D eigenvalue weighted by atomic mass is 13.4. The average Bonchev–Trinajstić information content (AvgIpc) is 1.81. The smallest absolute Gasteiger partial charge is 0.0105 e. The van der Waals surface area contributed by atoms with Crippen molar-refractivity contribution >= 4 is 0 Å². The van der Waals surface area contributed by atoms with Crippen LogP contribution in [0.2, 0.25) is 0 Å². The van der Waals surface area contributed by atoms with Crippen LogP contribution in [0.1, 0.15) is 13.8 Å². The van der Waals surface area contributed by atoms with Gasteiger partial charge in [-0.05, 0) is 37.5 Å². The second-order valence-corrected chi connectivity index (χ2v) is 1.12. The summed E-state index contributed by atoms with van der Waals surface area (Å²) in [5.74, 6) is 0. The Kier molecular flexibility index (Phi) is 5.02. The topological polar surface area (TPSA) is 0 Å². The molecule has 0 saturated heterocycles. The van der Waals surface area contributed by atoms with Gasteiger partial charge in [-0.15, -0.1) is 0 Å². The fourth-order valence-electron chi connectivity index (χ4n) is 0.217. The lowest BCUT2D eigenvalue weighted by Gasteiger charge is -1.45. The van der Waals surface area contributed by atoms with Gasteiger partial charge >= 0.3 is 0 Å². The standard InChI is InChI=1S/C8H8/c1-3-5-7-8-6-4-2/h3-4H,1-2H3. The summed E-state index contributed by atoms with van der Waals surface area (Å²) in [6.45, 7) is 3.76. The summed E-state index contributed by atoms with van der Waals surface area (Å²) in [5.41, 5.74) is 10.7. The first-order valence-electron chi connectivity index (χ1n) is 2.48. The largest absolute Gasteiger partial charge is 0.0655 e. The minimum atomic E-state index is 1.77. The number of allylic oxidation sites excluding steroid dienone is 2. The van der Waals surface area contributed by atoms with Crippen molar-refractivity contribution in [3.05, 3.63) is 35.1 Å². The lowest BCUT2D eigenvalue weighted by molar-refractivity contribution is 1.76. The van der Waals surface area contributed by atoms with Crippen molar-refractivity contribution in [3.63, 3.8) is 0 Å². The summed E-state index contributed by atoms with van der Waals surface area (Å²) in [7, 11) is 0. The molecule has 0 aromatic carbocycles. The molecule has 0 aliphatic carbocycles. The molecule has 0 nitrogen and oxygen atoms in total. The molecular weight excluding hydrogens is 96.1 g/mol. The lowest BCUT2D eigenvalue weighted by atomic mass is 10.6. The maximum absolute atomic E-state index is 2.71. The van der Waals surface area contributed by atoms with Gasteiger partial charge in [-0.1, -0.05) is 11.5 Å². The fourth-order valence-corrected chi connectivity index (χ4v) is 0.217. The Morgan fingerprint density at radius 1 is 0.875 bits per heavy atom. The van der Waals surface area contributed by atoms with Crippen LogP contribution in [0.15, 0.2) is 35.1 Å². The quantitative estimate of drug-likeness (QED) is 0.413. The van der Waals surface area contributed by atoms with Crippen LogP contribution in [-0.4, -0.2) is 0 Å². The van der Waals surface area contributed by atoms with Crippen molar-refractivity contribution in [1.82, 2.24) is 0 Å². The molecule has 0 atom stereocenters. The van der Waals surface area contributed by atoms with E-state index in [-0.39, 0.29) is 0 Å². The van der Waals surface area contributed by atoms with E-state index in [1.165, 1.54) is 0 Å². The molecular formula is C8H8. The van der Waals surface area contributed by atoms with E-state index in [4.69, 9.17) is 0 Å². The molecule has 40 valence electrons. The Hall–Kier alpha value is -1.14. The van der Waals surface area contributed by atoms with E-state index in [0.717, 1.165) is 0 Å². The Labute approximate surface area is 49.8 Å². The van der Waals surface area contributed by atoms with E-state index >= 15 is 0 Å². The van der Waals surface area contributed by atoms with E-state index in [1.54, 1.807) is 12.2 Å². The van der Waals surface area contributed by atoms with Crippen LogP contribution >= 0.6 is 0 Å². The maximum Gasteiger partial charge on any atom is -0.0105 e. The Bertz CT molecular complexity index is 172. The molecule has 0 rings (SSSR count). The molecule has 0 amide bonds. The molecule has 0 saturated carbocycles. The number of rotatable bonds is 0. The van der Waals surface area contributed by atoms with E-state index in [0.29, 0.717) is 0 Å². The molecule has 8 heavy (non-hydrogen) atoms. The van der Waals surface area contributed by atoms with Gasteiger partial charge < -0.3 is 0 Å². The normalized spacial score (nSPS) is 4.75. The van der Waals surface area contributed by atoms with Crippen LogP contribution in [-0.2, 0) is 0 Å². The van der Waals surface area contributed by atoms with Crippen molar-refractivity contribution in [2.45, 2.75) is 13.8 Å². The number of hydrogen-bond acceptors (Lipinski definition) is 0. The summed E-state index contributed by atoms with van der Waals surface area (Å²) in [6, 6.07) is 0. The van der Waals surface area contributed by atoms with E-state index < -0.39 is 0 Å². The molecule has 0 heteroatoms. The summed E-state index contributed by atoms with van der Waals surface area (Å²) in [5, 5.41) is 0. The van der Waals surface area contributed by atoms with Gasteiger partial charge in [0.05, 0.1) is 0 Å². The van der Waals surface area contributed by atoms with E-state index in [9.17, 15) is 0 Å². The summed E-state index contributed by atoms with van der Waals surface area (Å²) in [6.07, 6.45) is 3.54. The lowest BCUT2D eigenvalue weighted by Crippen LogP contribution is -1.26. The summed E-state index contributed by atoms with van der Waals surface area (Å²) in [4.78, 5) is 0. The highest BCUT2D eigenvalue weighted by molar-refractivity contribution is 4.86. The predicted octanol–water partition coefficient (Wildman–Crippen LogP) is 2.20. The van der Waals surface area contributed by atoms with Crippen molar-refractivity contribution in [3.8, 4) is 0 Å². The van der Waals surface area contributed by atoms with E-state index in [1.807, 2.05) is 13.8 Å². The third-order valence-electron chi connectivity index (χ3n) is 0.496. The van der Waals surface area contributed by atoms with Gasteiger partial charge in [0.25, 0.3) is 0 Å². The minimum Gasteiger partial charge on any atom is -0.0655 e. The highest BCUT2D eigenvalue weighted by Gasteiger charge is 1.38. The fraction of sp³-hybridized carbons (Fsp3) is 0.250. The summed E-state index contributed by atoms with van der Waals surface area (Å²) >= 11 is 0. The minimum absolute atomic E-state index is 1.77. The molecule has 0 unspecified atom stereocenters. The SMILES string of the molecule is CC=C=C=C=C=CC. The van der Waals surface area contributed by atoms with Gasteiger partial charge in [-0.2, -0.15) is 0 Å². The zero-order chi connectivity index (χ0) is 6.24. The second-order valence-electron chi connectivity index (χ2n) is 1.12. The first-order valence-corrected chi connectivity index (χ1v) is 2.48. The molecule has 0 aliphatic heterocycles. The van der Waals surface area contributed by atoms with Crippen molar-refractivity contribution in [1.29, 1.82) is 0 Å². The molecule has 0 N–H and O–H groups in total. The van der Waals surface area contributed by atoms with Gasteiger partial charge in [-0.3, -0.25) is 0 Å². The molecule has 0 aliphatic rings. The molecule has 0 spiro atoms. The predicted molar refractivity (Wildman–Crippen MR) is 34.5 cm³/mol. The third-order valence-corrected chi connectivity index (χ3v) is 0.496. The zero-order valence-electron chi connectivity index (χ0n) is 5.15. The first-order chi connectivity index (χ1) is 3.91. The molecule has 0 aromatic heterocycles.